The lowest BCUT2D eigenvalue weighted by molar-refractivity contribution is 0.323. The highest BCUT2D eigenvalue weighted by molar-refractivity contribution is 7.89. The molecule has 0 saturated heterocycles. The number of ether oxygens (including phenoxy) is 3. The van der Waals surface area contributed by atoms with Gasteiger partial charge in [0.2, 0.25) is 15.8 Å². The summed E-state index contributed by atoms with van der Waals surface area (Å²) in [7, 11) is 2.69. The molecule has 0 spiro atoms. The Kier molecular flexibility index (Phi) is 6.73. The van der Waals surface area contributed by atoms with Crippen molar-refractivity contribution in [3.05, 3.63) is 47.0 Å². The van der Waals surface area contributed by atoms with Crippen LogP contribution in [0.5, 0.6) is 17.2 Å². The van der Waals surface area contributed by atoms with Gasteiger partial charge in [-0.05, 0) is 61.2 Å². The highest BCUT2D eigenvalue weighted by Crippen LogP contribution is 2.38. The summed E-state index contributed by atoms with van der Waals surface area (Å²) in [5, 5.41) is 0. The lowest BCUT2D eigenvalue weighted by Gasteiger charge is -2.19. The van der Waals surface area contributed by atoms with Crippen molar-refractivity contribution >= 4 is 10.0 Å². The van der Waals surface area contributed by atoms with E-state index in [0.717, 1.165) is 16.7 Å². The SMILES string of the molecule is COc1cc(CCN(C)S(=O)(=O)c2ccc(C)c(C)c2)cc(OC)c1OC. The van der Waals surface area contributed by atoms with Crippen LogP contribution in [0.1, 0.15) is 16.7 Å². The highest BCUT2D eigenvalue weighted by atomic mass is 32.2. The van der Waals surface area contributed by atoms with Crippen molar-refractivity contribution in [3.8, 4) is 17.2 Å². The van der Waals surface area contributed by atoms with Gasteiger partial charge in [-0.3, -0.25) is 0 Å². The Labute approximate surface area is 161 Å². The summed E-state index contributed by atoms with van der Waals surface area (Å²) in [5.41, 5.74) is 2.91. The number of likely N-dealkylation sites (N-methyl/N-ethyl adjacent to an activating group) is 1. The number of rotatable bonds is 8. The zero-order valence-electron chi connectivity index (χ0n) is 16.7. The molecule has 0 aliphatic heterocycles. The Balaban J connectivity index is 2.21. The Bertz CT molecular complexity index is 884. The van der Waals surface area contributed by atoms with E-state index in [0.29, 0.717) is 35.1 Å². The quantitative estimate of drug-likeness (QED) is 0.689. The molecule has 27 heavy (non-hydrogen) atoms. The van der Waals surface area contributed by atoms with Crippen LogP contribution in [0.4, 0.5) is 0 Å². The summed E-state index contributed by atoms with van der Waals surface area (Å²) in [6, 6.07) is 8.85. The molecule has 2 aromatic carbocycles. The van der Waals surface area contributed by atoms with Crippen molar-refractivity contribution in [3.63, 3.8) is 0 Å². The first-order valence-corrected chi connectivity index (χ1v) is 10.0. The number of hydrogen-bond acceptors (Lipinski definition) is 5. The predicted molar refractivity (Wildman–Crippen MR) is 106 cm³/mol. The van der Waals surface area contributed by atoms with Gasteiger partial charge in [0.25, 0.3) is 0 Å². The molecule has 148 valence electrons. The molecule has 2 aromatic rings. The summed E-state index contributed by atoms with van der Waals surface area (Å²) in [5.74, 6) is 1.61. The molecule has 0 aliphatic rings. The third-order valence-electron chi connectivity index (χ3n) is 4.63. The van der Waals surface area contributed by atoms with Gasteiger partial charge < -0.3 is 14.2 Å². The smallest absolute Gasteiger partial charge is 0.242 e. The van der Waals surface area contributed by atoms with Crippen LogP contribution < -0.4 is 14.2 Å². The van der Waals surface area contributed by atoms with Crippen LogP contribution in [-0.4, -0.2) is 47.6 Å². The molecule has 0 heterocycles. The van der Waals surface area contributed by atoms with E-state index in [1.54, 1.807) is 40.5 Å². The molecule has 0 fully saturated rings. The van der Waals surface area contributed by atoms with Crippen molar-refractivity contribution in [2.45, 2.75) is 25.2 Å². The molecular formula is C20H27NO5S. The molecule has 0 radical (unpaired) electrons. The average molecular weight is 394 g/mol. The largest absolute Gasteiger partial charge is 0.493 e. The number of aryl methyl sites for hydroxylation is 2. The van der Waals surface area contributed by atoms with Crippen LogP contribution in [0.15, 0.2) is 35.2 Å². The van der Waals surface area contributed by atoms with Crippen molar-refractivity contribution in [1.29, 1.82) is 0 Å². The molecule has 0 bridgehead atoms. The number of nitrogens with zero attached hydrogens (tertiary/aromatic N) is 1. The first kappa shape index (κ1) is 21.1. The lowest BCUT2D eigenvalue weighted by atomic mass is 10.1. The van der Waals surface area contributed by atoms with Crippen molar-refractivity contribution in [2.75, 3.05) is 34.9 Å². The zero-order chi connectivity index (χ0) is 20.2. The Morgan fingerprint density at radius 3 is 1.96 bits per heavy atom. The fourth-order valence-electron chi connectivity index (χ4n) is 2.74. The number of sulfonamides is 1. The highest BCUT2D eigenvalue weighted by Gasteiger charge is 2.21. The summed E-state index contributed by atoms with van der Waals surface area (Å²) in [6.07, 6.45) is 0.511. The Hall–Kier alpha value is -2.25. The summed E-state index contributed by atoms with van der Waals surface area (Å²) >= 11 is 0. The minimum atomic E-state index is -3.55. The van der Waals surface area contributed by atoms with E-state index in [1.165, 1.54) is 4.31 Å². The van der Waals surface area contributed by atoms with E-state index in [2.05, 4.69) is 0 Å². The van der Waals surface area contributed by atoms with Gasteiger partial charge in [-0.2, -0.15) is 0 Å². The first-order chi connectivity index (χ1) is 12.7. The van der Waals surface area contributed by atoms with E-state index in [-0.39, 0.29) is 0 Å². The molecule has 7 heteroatoms. The van der Waals surface area contributed by atoms with Gasteiger partial charge in [0, 0.05) is 13.6 Å². The second kappa shape index (κ2) is 8.63. The third kappa shape index (κ3) is 4.54. The molecule has 0 unspecified atom stereocenters. The minimum Gasteiger partial charge on any atom is -0.493 e. The molecule has 6 nitrogen and oxygen atoms in total. The van der Waals surface area contributed by atoms with Crippen LogP contribution in [-0.2, 0) is 16.4 Å². The van der Waals surface area contributed by atoms with Gasteiger partial charge in [-0.15, -0.1) is 0 Å². The Morgan fingerprint density at radius 2 is 1.48 bits per heavy atom. The molecular weight excluding hydrogens is 366 g/mol. The average Bonchev–Trinajstić information content (AvgIpc) is 2.66. The maximum atomic E-state index is 12.8. The molecule has 0 aliphatic carbocycles. The van der Waals surface area contributed by atoms with E-state index in [9.17, 15) is 8.42 Å². The van der Waals surface area contributed by atoms with Crippen LogP contribution in [0.3, 0.4) is 0 Å². The predicted octanol–water partition coefficient (Wildman–Crippen LogP) is 3.19. The van der Waals surface area contributed by atoms with Crippen molar-refractivity contribution in [1.82, 2.24) is 4.31 Å². The molecule has 0 saturated carbocycles. The van der Waals surface area contributed by atoms with Gasteiger partial charge in [-0.1, -0.05) is 6.07 Å². The normalized spacial score (nSPS) is 11.5. The first-order valence-electron chi connectivity index (χ1n) is 8.57. The van der Waals surface area contributed by atoms with E-state index in [4.69, 9.17) is 14.2 Å². The molecule has 0 aromatic heterocycles. The fourth-order valence-corrected chi connectivity index (χ4v) is 4.00. The topological polar surface area (TPSA) is 65.1 Å². The summed E-state index contributed by atoms with van der Waals surface area (Å²) < 4.78 is 43.0. The van der Waals surface area contributed by atoms with Crippen molar-refractivity contribution < 1.29 is 22.6 Å². The van der Waals surface area contributed by atoms with Gasteiger partial charge in [0.05, 0.1) is 26.2 Å². The third-order valence-corrected chi connectivity index (χ3v) is 6.48. The van der Waals surface area contributed by atoms with Gasteiger partial charge in [0.1, 0.15) is 0 Å². The molecule has 0 atom stereocenters. The maximum absolute atomic E-state index is 12.8. The maximum Gasteiger partial charge on any atom is 0.242 e. The van der Waals surface area contributed by atoms with Crippen LogP contribution in [0, 0.1) is 13.8 Å². The van der Waals surface area contributed by atoms with Gasteiger partial charge in [0.15, 0.2) is 11.5 Å². The fraction of sp³-hybridized carbons (Fsp3) is 0.400. The standard InChI is InChI=1S/C20H27NO5S/c1-14-7-8-17(11-15(14)2)27(22,23)21(3)10-9-16-12-18(24-4)20(26-6)19(13-16)25-5/h7-8,11-13H,9-10H2,1-6H3. The van der Waals surface area contributed by atoms with Gasteiger partial charge >= 0.3 is 0 Å². The van der Waals surface area contributed by atoms with E-state index < -0.39 is 10.0 Å². The van der Waals surface area contributed by atoms with Crippen molar-refractivity contribution in [2.24, 2.45) is 0 Å². The molecule has 2 rings (SSSR count). The molecule has 0 amide bonds. The number of hydrogen-bond donors (Lipinski definition) is 0. The second-order valence-electron chi connectivity index (χ2n) is 6.36. The second-order valence-corrected chi connectivity index (χ2v) is 8.40. The van der Waals surface area contributed by atoms with Crippen LogP contribution in [0.25, 0.3) is 0 Å². The summed E-state index contributed by atoms with van der Waals surface area (Å²) in [6.45, 7) is 4.19. The monoisotopic (exact) mass is 393 g/mol. The van der Waals surface area contributed by atoms with Gasteiger partial charge in [-0.25, -0.2) is 12.7 Å². The van der Waals surface area contributed by atoms with Crippen LogP contribution >= 0.6 is 0 Å². The molecule has 0 N–H and O–H groups in total. The lowest BCUT2D eigenvalue weighted by Crippen LogP contribution is -2.29. The van der Waals surface area contributed by atoms with E-state index in [1.807, 2.05) is 32.0 Å². The zero-order valence-corrected chi connectivity index (χ0v) is 17.5. The van der Waals surface area contributed by atoms with Crippen LogP contribution in [0.2, 0.25) is 0 Å². The van der Waals surface area contributed by atoms with E-state index >= 15 is 0 Å². The minimum absolute atomic E-state index is 0.304. The Morgan fingerprint density at radius 1 is 0.889 bits per heavy atom. The number of methoxy groups -OCH3 is 3. The summed E-state index contributed by atoms with van der Waals surface area (Å²) in [4.78, 5) is 0.304. The number of benzene rings is 2.